The van der Waals surface area contributed by atoms with E-state index in [1.165, 1.54) is 17.9 Å². The van der Waals surface area contributed by atoms with Crippen LogP contribution in [0.3, 0.4) is 0 Å². The maximum atomic E-state index is 12.7. The lowest BCUT2D eigenvalue weighted by Gasteiger charge is -2.09. The Kier molecular flexibility index (Phi) is 5.88. The first-order chi connectivity index (χ1) is 13.8. The van der Waals surface area contributed by atoms with Crippen molar-refractivity contribution in [1.29, 1.82) is 0 Å². The number of methoxy groups -OCH3 is 2. The van der Waals surface area contributed by atoms with Gasteiger partial charge in [-0.15, -0.1) is 0 Å². The highest BCUT2D eigenvalue weighted by Crippen LogP contribution is 2.24. The highest BCUT2D eigenvalue weighted by molar-refractivity contribution is 7.92. The lowest BCUT2D eigenvalue weighted by atomic mass is 10.1. The van der Waals surface area contributed by atoms with Gasteiger partial charge in [-0.25, -0.2) is 13.4 Å². The van der Waals surface area contributed by atoms with E-state index in [1.807, 2.05) is 12.1 Å². The highest BCUT2D eigenvalue weighted by atomic mass is 32.2. The number of sulfone groups is 1. The molecule has 0 aliphatic carbocycles. The summed E-state index contributed by atoms with van der Waals surface area (Å²) in [7, 11) is 0.770. The normalized spacial score (nSPS) is 11.1. The average molecular weight is 415 g/mol. The van der Waals surface area contributed by atoms with E-state index in [-0.39, 0.29) is 5.16 Å². The molecule has 0 aliphatic rings. The maximum Gasteiger partial charge on any atom is 0.240 e. The molecule has 29 heavy (non-hydrogen) atoms. The lowest BCUT2D eigenvalue weighted by molar-refractivity contribution is -0.113. The minimum atomic E-state index is -3.93. The molecule has 0 aliphatic heterocycles. The van der Waals surface area contributed by atoms with E-state index in [4.69, 9.17) is 9.47 Å². The number of rotatable bonds is 7. The molecule has 0 atom stereocenters. The van der Waals surface area contributed by atoms with Gasteiger partial charge in [-0.2, -0.15) is 0 Å². The van der Waals surface area contributed by atoms with Crippen molar-refractivity contribution >= 4 is 21.4 Å². The van der Waals surface area contributed by atoms with Crippen LogP contribution in [0.2, 0.25) is 0 Å². The van der Waals surface area contributed by atoms with Crippen molar-refractivity contribution in [3.63, 3.8) is 0 Å². The number of aromatic nitrogens is 2. The molecule has 0 saturated carbocycles. The summed E-state index contributed by atoms with van der Waals surface area (Å²) in [6.45, 7) is 0. The summed E-state index contributed by atoms with van der Waals surface area (Å²) in [5.74, 6) is -0.0378. The first kappa shape index (κ1) is 20.4. The van der Waals surface area contributed by atoms with Crippen molar-refractivity contribution in [3.05, 3.63) is 54.7 Å². The third-order valence-electron chi connectivity index (χ3n) is 4.30. The third-order valence-corrected chi connectivity index (χ3v) is 5.88. The Morgan fingerprint density at radius 3 is 2.10 bits per heavy atom. The predicted octanol–water partition coefficient (Wildman–Crippen LogP) is 2.52. The van der Waals surface area contributed by atoms with E-state index < -0.39 is 21.5 Å². The van der Waals surface area contributed by atoms with E-state index in [2.05, 4.69) is 10.3 Å². The van der Waals surface area contributed by atoms with E-state index in [0.29, 0.717) is 22.9 Å². The summed E-state index contributed by atoms with van der Waals surface area (Å²) in [5, 5.41) is 2.39. The van der Waals surface area contributed by atoms with Gasteiger partial charge in [-0.1, -0.05) is 0 Å². The van der Waals surface area contributed by atoms with Crippen molar-refractivity contribution in [2.24, 2.45) is 7.05 Å². The number of nitrogens with one attached hydrogen (secondary N) is 1. The van der Waals surface area contributed by atoms with Crippen LogP contribution in [-0.2, 0) is 21.7 Å². The number of benzene rings is 2. The van der Waals surface area contributed by atoms with Gasteiger partial charge in [0.1, 0.15) is 17.3 Å². The number of ether oxygens (including phenoxy) is 2. The van der Waals surface area contributed by atoms with Crippen molar-refractivity contribution in [2.75, 3.05) is 25.3 Å². The number of hydrogen-bond donors (Lipinski definition) is 1. The fraction of sp³-hybridized carbons (Fsp3) is 0.200. The Morgan fingerprint density at radius 1 is 1.00 bits per heavy atom. The Bertz CT molecular complexity index is 1100. The van der Waals surface area contributed by atoms with Gasteiger partial charge in [-0.3, -0.25) is 4.79 Å². The molecular weight excluding hydrogens is 394 g/mol. The zero-order chi connectivity index (χ0) is 21.0. The number of imidazole rings is 1. The zero-order valence-corrected chi connectivity index (χ0v) is 17.1. The van der Waals surface area contributed by atoms with Crippen LogP contribution in [0.15, 0.2) is 59.9 Å². The predicted molar refractivity (Wildman–Crippen MR) is 109 cm³/mol. The summed E-state index contributed by atoms with van der Waals surface area (Å²) in [5.41, 5.74) is 1.87. The zero-order valence-electron chi connectivity index (χ0n) is 16.2. The molecule has 152 valence electrons. The summed E-state index contributed by atoms with van der Waals surface area (Å²) < 4.78 is 37.1. The fourth-order valence-corrected chi connectivity index (χ4v) is 4.10. The van der Waals surface area contributed by atoms with Crippen molar-refractivity contribution in [3.8, 4) is 22.8 Å². The Hall–Kier alpha value is -3.33. The first-order valence-electron chi connectivity index (χ1n) is 8.67. The average Bonchev–Trinajstić information content (AvgIpc) is 3.10. The molecule has 0 spiro atoms. The van der Waals surface area contributed by atoms with Crippen LogP contribution >= 0.6 is 0 Å². The number of carbonyl (C=O) groups excluding carboxylic acids is 1. The van der Waals surface area contributed by atoms with Gasteiger partial charge in [0.05, 0.1) is 26.1 Å². The lowest BCUT2D eigenvalue weighted by Crippen LogP contribution is -2.24. The van der Waals surface area contributed by atoms with E-state index >= 15 is 0 Å². The number of hydrogen-bond acceptors (Lipinski definition) is 6. The largest absolute Gasteiger partial charge is 0.497 e. The standard InChI is InChI=1S/C20H21N3O5S/c1-23-18(14-4-8-16(27-2)9-5-14)12-21-20(23)29(25,26)13-19(24)22-15-6-10-17(28-3)11-7-15/h4-12H,13H2,1-3H3,(H,22,24). The Morgan fingerprint density at radius 2 is 1.55 bits per heavy atom. The van der Waals surface area contributed by atoms with Crippen molar-refractivity contribution in [1.82, 2.24) is 9.55 Å². The molecule has 0 unspecified atom stereocenters. The third kappa shape index (κ3) is 4.57. The number of amides is 1. The Labute approximate surface area is 169 Å². The monoisotopic (exact) mass is 415 g/mol. The van der Waals surface area contributed by atoms with Gasteiger partial charge >= 0.3 is 0 Å². The summed E-state index contributed by atoms with van der Waals surface area (Å²) in [4.78, 5) is 16.3. The quantitative estimate of drug-likeness (QED) is 0.637. The molecule has 0 fully saturated rings. The molecule has 0 saturated heterocycles. The SMILES string of the molecule is COc1ccc(NC(=O)CS(=O)(=O)c2ncc(-c3ccc(OC)cc3)n2C)cc1. The summed E-state index contributed by atoms with van der Waals surface area (Å²) in [6, 6.07) is 13.8. The topological polar surface area (TPSA) is 99.5 Å². The number of nitrogens with zero attached hydrogens (tertiary/aromatic N) is 2. The van der Waals surface area contributed by atoms with Crippen LogP contribution in [-0.4, -0.2) is 43.8 Å². The van der Waals surface area contributed by atoms with Crippen LogP contribution in [0.5, 0.6) is 11.5 Å². The second-order valence-electron chi connectivity index (χ2n) is 6.25. The van der Waals surface area contributed by atoms with Crippen LogP contribution in [0.1, 0.15) is 0 Å². The molecule has 1 heterocycles. The first-order valence-corrected chi connectivity index (χ1v) is 10.3. The van der Waals surface area contributed by atoms with Crippen LogP contribution in [0.25, 0.3) is 11.3 Å². The number of carbonyl (C=O) groups is 1. The van der Waals surface area contributed by atoms with Gasteiger partial charge in [0.2, 0.25) is 20.9 Å². The molecule has 8 nitrogen and oxygen atoms in total. The van der Waals surface area contributed by atoms with Crippen LogP contribution in [0, 0.1) is 0 Å². The smallest absolute Gasteiger partial charge is 0.240 e. The van der Waals surface area contributed by atoms with Gasteiger partial charge in [0.15, 0.2) is 0 Å². The van der Waals surface area contributed by atoms with Gasteiger partial charge in [0.25, 0.3) is 0 Å². The minimum Gasteiger partial charge on any atom is -0.497 e. The molecule has 1 aromatic heterocycles. The van der Waals surface area contributed by atoms with Gasteiger partial charge in [-0.05, 0) is 48.5 Å². The molecule has 3 rings (SSSR count). The van der Waals surface area contributed by atoms with Crippen LogP contribution < -0.4 is 14.8 Å². The molecule has 2 aromatic carbocycles. The van der Waals surface area contributed by atoms with E-state index in [1.54, 1.807) is 50.6 Å². The summed E-state index contributed by atoms with van der Waals surface area (Å²) in [6.07, 6.45) is 1.47. The van der Waals surface area contributed by atoms with Gasteiger partial charge < -0.3 is 19.4 Å². The molecule has 1 N–H and O–H groups in total. The molecule has 1 amide bonds. The molecule has 3 aromatic rings. The molecular formula is C20H21N3O5S. The molecule has 9 heteroatoms. The van der Waals surface area contributed by atoms with Crippen molar-refractivity contribution in [2.45, 2.75) is 5.16 Å². The molecule has 0 radical (unpaired) electrons. The second-order valence-corrected chi connectivity index (χ2v) is 8.13. The minimum absolute atomic E-state index is 0.173. The second kappa shape index (κ2) is 8.36. The van der Waals surface area contributed by atoms with Gasteiger partial charge in [0, 0.05) is 18.3 Å². The fourth-order valence-electron chi connectivity index (χ4n) is 2.82. The number of anilines is 1. The molecule has 0 bridgehead atoms. The highest BCUT2D eigenvalue weighted by Gasteiger charge is 2.25. The maximum absolute atomic E-state index is 12.7. The van der Waals surface area contributed by atoms with E-state index in [9.17, 15) is 13.2 Å². The van der Waals surface area contributed by atoms with Crippen LogP contribution in [0.4, 0.5) is 5.69 Å². The van der Waals surface area contributed by atoms with Crippen molar-refractivity contribution < 1.29 is 22.7 Å². The van der Waals surface area contributed by atoms with E-state index in [0.717, 1.165) is 5.56 Å². The summed E-state index contributed by atoms with van der Waals surface area (Å²) >= 11 is 0. The Balaban J connectivity index is 1.76.